The second-order valence-electron chi connectivity index (χ2n) is 8.78. The van der Waals surface area contributed by atoms with Gasteiger partial charge in [-0.1, -0.05) is 29.8 Å². The lowest BCUT2D eigenvalue weighted by Crippen LogP contribution is -2.45. The summed E-state index contributed by atoms with van der Waals surface area (Å²) >= 11 is 6.48. The topological polar surface area (TPSA) is 110 Å². The number of ketones is 1. The van der Waals surface area contributed by atoms with Gasteiger partial charge in [-0.05, 0) is 42.0 Å². The van der Waals surface area contributed by atoms with Crippen molar-refractivity contribution in [3.8, 4) is 0 Å². The van der Waals surface area contributed by atoms with Gasteiger partial charge in [0.15, 0.2) is 11.5 Å². The Bertz CT molecular complexity index is 1470. The molecule has 2 amide bonds. The van der Waals surface area contributed by atoms with Crippen molar-refractivity contribution in [2.45, 2.75) is 25.4 Å². The smallest absolute Gasteiger partial charge is 0.275 e. The van der Waals surface area contributed by atoms with E-state index in [1.54, 1.807) is 72.8 Å². The highest BCUT2D eigenvalue weighted by molar-refractivity contribution is 6.34. The third-order valence-corrected chi connectivity index (χ3v) is 6.46. The molecule has 1 aliphatic heterocycles. The number of aryl methyl sites for hydroxylation is 1. The van der Waals surface area contributed by atoms with E-state index >= 15 is 0 Å². The van der Waals surface area contributed by atoms with Gasteiger partial charge in [-0.15, -0.1) is 0 Å². The fourth-order valence-electron chi connectivity index (χ4n) is 4.39. The average molecular weight is 515 g/mol. The first kappa shape index (κ1) is 24.3. The third kappa shape index (κ3) is 5.26. The normalized spacial score (nSPS) is 15.3. The predicted molar refractivity (Wildman–Crippen MR) is 137 cm³/mol. The summed E-state index contributed by atoms with van der Waals surface area (Å²) in [6.45, 7) is 0.111. The fraction of sp³-hybridized carbons (Fsp3) is 0.185. The van der Waals surface area contributed by atoms with Crippen LogP contribution in [0.25, 0.3) is 0 Å². The number of benzene rings is 1. The minimum absolute atomic E-state index is 0.0943. The lowest BCUT2D eigenvalue weighted by atomic mass is 10.0. The largest absolute Gasteiger partial charge is 0.322 e. The lowest BCUT2D eigenvalue weighted by Gasteiger charge is -2.29. The average Bonchev–Trinajstić information content (AvgIpc) is 3.23. The zero-order valence-corrected chi connectivity index (χ0v) is 20.7. The molecular formula is C27H23ClN6O3. The Morgan fingerprint density at radius 1 is 1.08 bits per heavy atom. The Morgan fingerprint density at radius 3 is 2.57 bits per heavy atom. The van der Waals surface area contributed by atoms with Crippen molar-refractivity contribution in [2.24, 2.45) is 7.05 Å². The second-order valence-corrected chi connectivity index (χ2v) is 9.18. The highest BCUT2D eigenvalue weighted by atomic mass is 35.5. The highest BCUT2D eigenvalue weighted by Crippen LogP contribution is 2.26. The number of Topliss-reactive ketones (excluding diaryl/α,β-unsaturated/α-hetero) is 1. The van der Waals surface area contributed by atoms with E-state index in [4.69, 9.17) is 11.6 Å². The van der Waals surface area contributed by atoms with Gasteiger partial charge in [-0.2, -0.15) is 5.10 Å². The van der Waals surface area contributed by atoms with Crippen LogP contribution in [0.4, 0.5) is 5.82 Å². The number of amides is 2. The van der Waals surface area contributed by atoms with Gasteiger partial charge in [0.25, 0.3) is 11.8 Å². The van der Waals surface area contributed by atoms with Gasteiger partial charge in [0.1, 0.15) is 5.82 Å². The summed E-state index contributed by atoms with van der Waals surface area (Å²) in [5, 5.41) is 7.26. The number of nitrogens with zero attached hydrogens (tertiary/aromatic N) is 5. The number of fused-ring (bicyclic) bond motifs is 1. The number of carbonyl (C=O) groups is 3. The van der Waals surface area contributed by atoms with Gasteiger partial charge >= 0.3 is 0 Å². The number of pyridine rings is 2. The van der Waals surface area contributed by atoms with Gasteiger partial charge in [0.2, 0.25) is 0 Å². The van der Waals surface area contributed by atoms with Gasteiger partial charge in [-0.3, -0.25) is 24.0 Å². The second kappa shape index (κ2) is 10.3. The molecule has 9 nitrogen and oxygen atoms in total. The standard InChI is InChI=1S/C27H23ClN6O3/c1-33-16-18-13-23(35)22(14-19-6-2-4-10-29-19)34(27(37)25(18)32-33)15-17-8-9-20(21(28)12-17)26(36)31-24-7-3-5-11-30-24/h2-12,16,22H,13-15H2,1H3,(H,30,31,36). The Labute approximate surface area is 218 Å². The van der Waals surface area contributed by atoms with Crippen LogP contribution < -0.4 is 5.32 Å². The molecule has 1 aliphatic rings. The summed E-state index contributed by atoms with van der Waals surface area (Å²) in [5.74, 6) is -0.425. The van der Waals surface area contributed by atoms with Crippen molar-refractivity contribution >= 4 is 35.0 Å². The molecule has 5 rings (SSSR count). The molecule has 186 valence electrons. The first-order valence-electron chi connectivity index (χ1n) is 11.7. The van der Waals surface area contributed by atoms with Crippen molar-refractivity contribution in [1.29, 1.82) is 0 Å². The SMILES string of the molecule is Cn1cc2c(n1)C(=O)N(Cc1ccc(C(=O)Nc3ccccn3)c(Cl)c1)C(Cc1ccccn1)C(=O)C2. The van der Waals surface area contributed by atoms with Crippen LogP contribution >= 0.6 is 11.6 Å². The summed E-state index contributed by atoms with van der Waals surface area (Å²) in [7, 11) is 1.72. The van der Waals surface area contributed by atoms with Crippen LogP contribution in [0.2, 0.25) is 5.02 Å². The summed E-state index contributed by atoms with van der Waals surface area (Å²) in [5.41, 5.74) is 2.51. The van der Waals surface area contributed by atoms with Crippen LogP contribution in [0.5, 0.6) is 0 Å². The Morgan fingerprint density at radius 2 is 1.86 bits per heavy atom. The third-order valence-electron chi connectivity index (χ3n) is 6.15. The number of hydrogen-bond donors (Lipinski definition) is 1. The molecule has 0 fully saturated rings. The van der Waals surface area contributed by atoms with E-state index in [1.165, 1.54) is 4.90 Å². The number of rotatable bonds is 6. The summed E-state index contributed by atoms with van der Waals surface area (Å²) < 4.78 is 1.54. The van der Waals surface area contributed by atoms with Crippen molar-refractivity contribution in [3.05, 3.63) is 106 Å². The fourth-order valence-corrected chi connectivity index (χ4v) is 4.67. The van der Waals surface area contributed by atoms with Crippen LogP contribution in [0, 0.1) is 0 Å². The minimum Gasteiger partial charge on any atom is -0.322 e. The van der Waals surface area contributed by atoms with E-state index < -0.39 is 11.9 Å². The molecule has 4 aromatic rings. The maximum atomic E-state index is 13.6. The Balaban J connectivity index is 1.44. The van der Waals surface area contributed by atoms with Crippen molar-refractivity contribution in [2.75, 3.05) is 5.32 Å². The van der Waals surface area contributed by atoms with Gasteiger partial charge in [-0.25, -0.2) is 4.98 Å². The summed E-state index contributed by atoms with van der Waals surface area (Å²) in [6, 6.07) is 14.9. The van der Waals surface area contributed by atoms with Crippen LogP contribution in [0.15, 0.2) is 73.2 Å². The molecule has 0 bridgehead atoms. The molecule has 0 radical (unpaired) electrons. The monoisotopic (exact) mass is 514 g/mol. The van der Waals surface area contributed by atoms with Crippen molar-refractivity contribution in [3.63, 3.8) is 0 Å². The molecule has 0 spiro atoms. The molecule has 0 saturated carbocycles. The van der Waals surface area contributed by atoms with Crippen LogP contribution in [-0.2, 0) is 31.2 Å². The molecule has 1 N–H and O–H groups in total. The quantitative estimate of drug-likeness (QED) is 0.422. The first-order chi connectivity index (χ1) is 17.9. The zero-order valence-electron chi connectivity index (χ0n) is 20.0. The number of carbonyl (C=O) groups excluding carboxylic acids is 3. The number of hydrogen-bond acceptors (Lipinski definition) is 6. The molecule has 10 heteroatoms. The highest BCUT2D eigenvalue weighted by Gasteiger charge is 2.37. The Hall–Kier alpha value is -4.37. The molecule has 0 aliphatic carbocycles. The first-order valence-corrected chi connectivity index (χ1v) is 12.0. The maximum Gasteiger partial charge on any atom is 0.275 e. The van der Waals surface area contributed by atoms with E-state index in [0.717, 1.165) is 0 Å². The van der Waals surface area contributed by atoms with Crippen LogP contribution in [-0.4, -0.2) is 48.3 Å². The van der Waals surface area contributed by atoms with Crippen LogP contribution in [0.3, 0.4) is 0 Å². The summed E-state index contributed by atoms with van der Waals surface area (Å²) in [4.78, 5) is 49.7. The van der Waals surface area contributed by atoms with E-state index in [2.05, 4.69) is 20.4 Å². The van der Waals surface area contributed by atoms with E-state index in [0.29, 0.717) is 22.6 Å². The molecule has 1 unspecified atom stereocenters. The van der Waals surface area contributed by atoms with Crippen molar-refractivity contribution < 1.29 is 14.4 Å². The predicted octanol–water partition coefficient (Wildman–Crippen LogP) is 3.49. The number of anilines is 1. The minimum atomic E-state index is -0.729. The van der Waals surface area contributed by atoms with Gasteiger partial charge in [0.05, 0.1) is 16.6 Å². The Kier molecular flexibility index (Phi) is 6.78. The lowest BCUT2D eigenvalue weighted by molar-refractivity contribution is -0.122. The molecule has 3 aromatic heterocycles. The number of aromatic nitrogens is 4. The van der Waals surface area contributed by atoms with Crippen molar-refractivity contribution in [1.82, 2.24) is 24.6 Å². The molecule has 1 atom stereocenters. The van der Waals surface area contributed by atoms with E-state index in [-0.39, 0.29) is 47.4 Å². The van der Waals surface area contributed by atoms with E-state index in [9.17, 15) is 14.4 Å². The van der Waals surface area contributed by atoms with Crippen LogP contribution in [0.1, 0.15) is 37.7 Å². The zero-order chi connectivity index (χ0) is 25.9. The summed E-state index contributed by atoms with van der Waals surface area (Å²) in [6.07, 6.45) is 5.33. The van der Waals surface area contributed by atoms with Gasteiger partial charge in [0, 0.05) is 56.3 Å². The molecule has 1 aromatic carbocycles. The maximum absolute atomic E-state index is 13.6. The number of nitrogens with one attached hydrogen (secondary N) is 1. The molecule has 0 saturated heterocycles. The number of halogens is 1. The molecule has 37 heavy (non-hydrogen) atoms. The molecule has 4 heterocycles. The van der Waals surface area contributed by atoms with Gasteiger partial charge < -0.3 is 10.2 Å². The molecular weight excluding hydrogens is 492 g/mol. The van der Waals surface area contributed by atoms with E-state index in [1.807, 2.05) is 12.1 Å².